The van der Waals surface area contributed by atoms with Gasteiger partial charge in [0.15, 0.2) is 0 Å². The molecule has 0 unspecified atom stereocenters. The minimum atomic E-state index is -0.836. The predicted octanol–water partition coefficient (Wildman–Crippen LogP) is 3.43. The van der Waals surface area contributed by atoms with E-state index in [2.05, 4.69) is 20.5 Å². The van der Waals surface area contributed by atoms with Crippen LogP contribution in [0.4, 0.5) is 14.5 Å². The Hall–Kier alpha value is -2.33. The highest BCUT2D eigenvalue weighted by molar-refractivity contribution is 7.99. The molecule has 0 bridgehead atoms. The summed E-state index contributed by atoms with van der Waals surface area (Å²) in [5, 5.41) is 13.0. The van der Waals surface area contributed by atoms with Gasteiger partial charge in [-0.25, -0.2) is 13.8 Å². The molecule has 3 aromatic rings. The monoisotopic (exact) mass is 382 g/mol. The molecule has 10 heteroatoms. The van der Waals surface area contributed by atoms with Gasteiger partial charge >= 0.3 is 0 Å². The minimum absolute atomic E-state index is 0.120. The molecule has 0 aliphatic heterocycles. The SMILES string of the molecule is Cc1nc(Cc2nnc(SCC(=O)Nc3c(F)cccc3F)o2)cs1. The van der Waals surface area contributed by atoms with E-state index in [1.807, 2.05) is 12.3 Å². The first-order valence-corrected chi connectivity index (χ1v) is 8.98. The van der Waals surface area contributed by atoms with E-state index in [9.17, 15) is 13.6 Å². The Morgan fingerprint density at radius 2 is 2.08 bits per heavy atom. The molecule has 0 fully saturated rings. The highest BCUT2D eigenvalue weighted by atomic mass is 32.2. The second-order valence-electron chi connectivity index (χ2n) is 4.93. The van der Waals surface area contributed by atoms with Gasteiger partial charge in [0.05, 0.1) is 22.9 Å². The molecule has 0 radical (unpaired) electrons. The predicted molar refractivity (Wildman–Crippen MR) is 89.7 cm³/mol. The summed E-state index contributed by atoms with van der Waals surface area (Å²) in [5.74, 6) is -1.99. The van der Waals surface area contributed by atoms with Crippen LogP contribution in [0.15, 0.2) is 33.2 Å². The third-order valence-corrected chi connectivity index (χ3v) is 4.64. The van der Waals surface area contributed by atoms with Gasteiger partial charge in [-0.05, 0) is 19.1 Å². The highest BCUT2D eigenvalue weighted by Crippen LogP contribution is 2.21. The van der Waals surface area contributed by atoms with Gasteiger partial charge in [-0.15, -0.1) is 21.5 Å². The molecular formula is C15H12F2N4O2S2. The van der Waals surface area contributed by atoms with Gasteiger partial charge in [-0.3, -0.25) is 4.79 Å². The Labute approximate surface area is 149 Å². The lowest BCUT2D eigenvalue weighted by molar-refractivity contribution is -0.113. The largest absolute Gasteiger partial charge is 0.416 e. The number of carbonyl (C=O) groups excluding carboxylic acids is 1. The van der Waals surface area contributed by atoms with E-state index < -0.39 is 23.2 Å². The zero-order valence-electron chi connectivity index (χ0n) is 13.0. The Kier molecular flexibility index (Phi) is 5.39. The van der Waals surface area contributed by atoms with Gasteiger partial charge in [0, 0.05) is 5.38 Å². The lowest BCUT2D eigenvalue weighted by Gasteiger charge is -2.06. The fraction of sp³-hybridized carbons (Fsp3) is 0.200. The Bertz CT molecular complexity index is 877. The number of hydrogen-bond acceptors (Lipinski definition) is 7. The van der Waals surface area contributed by atoms with Crippen LogP contribution in [-0.2, 0) is 11.2 Å². The lowest BCUT2D eigenvalue weighted by atomic mass is 10.3. The highest BCUT2D eigenvalue weighted by Gasteiger charge is 2.14. The van der Waals surface area contributed by atoms with Gasteiger partial charge in [-0.2, -0.15) is 0 Å². The number of hydrogen-bond donors (Lipinski definition) is 1. The van der Waals surface area contributed by atoms with E-state index in [1.165, 1.54) is 17.4 Å². The fourth-order valence-electron chi connectivity index (χ4n) is 1.93. The van der Waals surface area contributed by atoms with Crippen molar-refractivity contribution < 1.29 is 18.0 Å². The summed E-state index contributed by atoms with van der Waals surface area (Å²) in [7, 11) is 0. The van der Waals surface area contributed by atoms with Crippen molar-refractivity contribution in [1.29, 1.82) is 0 Å². The van der Waals surface area contributed by atoms with Crippen LogP contribution in [0.3, 0.4) is 0 Å². The summed E-state index contributed by atoms with van der Waals surface area (Å²) in [6.07, 6.45) is 0.407. The number of halogens is 2. The van der Waals surface area contributed by atoms with E-state index >= 15 is 0 Å². The second-order valence-corrected chi connectivity index (χ2v) is 6.92. The standard InChI is InChI=1S/C15H12F2N4O2S2/c1-8-18-9(6-24-8)5-13-20-21-15(23-13)25-7-12(22)19-14-10(16)3-2-4-11(14)17/h2-4,6H,5,7H2,1H3,(H,19,22). The molecule has 1 aromatic carbocycles. The molecule has 1 amide bonds. The number of thiazole rings is 1. The lowest BCUT2D eigenvalue weighted by Crippen LogP contribution is -2.16. The van der Waals surface area contributed by atoms with Crippen LogP contribution < -0.4 is 5.32 Å². The van der Waals surface area contributed by atoms with Gasteiger partial charge in [0.2, 0.25) is 11.8 Å². The molecule has 0 saturated heterocycles. The summed E-state index contributed by atoms with van der Waals surface area (Å²) in [6.45, 7) is 1.90. The smallest absolute Gasteiger partial charge is 0.277 e. The third-order valence-electron chi connectivity index (χ3n) is 3.00. The molecule has 0 aliphatic carbocycles. The average Bonchev–Trinajstić information content (AvgIpc) is 3.18. The summed E-state index contributed by atoms with van der Waals surface area (Å²) < 4.78 is 32.4. The summed E-state index contributed by atoms with van der Waals surface area (Å²) in [4.78, 5) is 16.1. The Morgan fingerprint density at radius 1 is 1.32 bits per heavy atom. The van der Waals surface area contributed by atoms with Crippen molar-refractivity contribution in [3.8, 4) is 0 Å². The number of para-hydroxylation sites is 1. The van der Waals surface area contributed by atoms with E-state index in [0.29, 0.717) is 12.3 Å². The minimum Gasteiger partial charge on any atom is -0.416 e. The van der Waals surface area contributed by atoms with Crippen LogP contribution in [0.2, 0.25) is 0 Å². The van der Waals surface area contributed by atoms with Crippen LogP contribution in [0.25, 0.3) is 0 Å². The molecule has 2 aromatic heterocycles. The maximum absolute atomic E-state index is 13.5. The number of nitrogens with one attached hydrogen (secondary N) is 1. The first-order chi connectivity index (χ1) is 12.0. The number of aromatic nitrogens is 3. The third kappa shape index (κ3) is 4.60. The van der Waals surface area contributed by atoms with Crippen molar-refractivity contribution in [2.75, 3.05) is 11.1 Å². The molecule has 130 valence electrons. The van der Waals surface area contributed by atoms with Crippen molar-refractivity contribution in [2.45, 2.75) is 18.6 Å². The normalized spacial score (nSPS) is 10.8. The van der Waals surface area contributed by atoms with Crippen LogP contribution in [0.1, 0.15) is 16.6 Å². The van der Waals surface area contributed by atoms with E-state index in [-0.39, 0.29) is 11.0 Å². The number of anilines is 1. The average molecular weight is 382 g/mol. The summed E-state index contributed by atoms with van der Waals surface area (Å²) in [5.41, 5.74) is 0.355. The molecular weight excluding hydrogens is 370 g/mol. The van der Waals surface area contributed by atoms with Crippen molar-refractivity contribution in [3.05, 3.63) is 51.8 Å². The van der Waals surface area contributed by atoms with Crippen LogP contribution in [-0.4, -0.2) is 26.8 Å². The molecule has 25 heavy (non-hydrogen) atoms. The van der Waals surface area contributed by atoms with Crippen LogP contribution >= 0.6 is 23.1 Å². The summed E-state index contributed by atoms with van der Waals surface area (Å²) >= 11 is 2.51. The number of thioether (sulfide) groups is 1. The molecule has 6 nitrogen and oxygen atoms in total. The fourth-order valence-corrected chi connectivity index (χ4v) is 3.13. The van der Waals surface area contributed by atoms with Gasteiger partial charge < -0.3 is 9.73 Å². The molecule has 1 N–H and O–H groups in total. The quantitative estimate of drug-likeness (QED) is 0.658. The summed E-state index contributed by atoms with van der Waals surface area (Å²) in [6, 6.07) is 3.35. The molecule has 0 atom stereocenters. The Balaban J connectivity index is 1.54. The van der Waals surface area contributed by atoms with E-state index in [1.54, 1.807) is 0 Å². The zero-order chi connectivity index (χ0) is 17.8. The van der Waals surface area contributed by atoms with Gasteiger partial charge in [0.1, 0.15) is 17.3 Å². The topological polar surface area (TPSA) is 80.9 Å². The maximum Gasteiger partial charge on any atom is 0.277 e. The van der Waals surface area contributed by atoms with Crippen LogP contribution in [0, 0.1) is 18.6 Å². The molecule has 0 spiro atoms. The molecule has 3 rings (SSSR count). The van der Waals surface area contributed by atoms with Crippen molar-refractivity contribution in [3.63, 3.8) is 0 Å². The van der Waals surface area contributed by atoms with Crippen molar-refractivity contribution >= 4 is 34.7 Å². The molecule has 0 saturated carbocycles. The van der Waals surface area contributed by atoms with Crippen molar-refractivity contribution in [2.24, 2.45) is 0 Å². The van der Waals surface area contributed by atoms with E-state index in [0.717, 1.165) is 34.6 Å². The molecule has 0 aliphatic rings. The first-order valence-electron chi connectivity index (χ1n) is 7.11. The number of nitrogens with zero attached hydrogens (tertiary/aromatic N) is 3. The second kappa shape index (κ2) is 7.70. The van der Waals surface area contributed by atoms with E-state index in [4.69, 9.17) is 4.42 Å². The Morgan fingerprint density at radius 3 is 2.76 bits per heavy atom. The zero-order valence-corrected chi connectivity index (χ0v) is 14.6. The molecule has 2 heterocycles. The van der Waals surface area contributed by atoms with Crippen LogP contribution in [0.5, 0.6) is 0 Å². The number of rotatable bonds is 6. The van der Waals surface area contributed by atoms with Gasteiger partial charge in [0.25, 0.3) is 5.22 Å². The maximum atomic E-state index is 13.5. The number of carbonyl (C=O) groups is 1. The first kappa shape index (κ1) is 17.5. The number of aryl methyl sites for hydroxylation is 1. The van der Waals surface area contributed by atoms with Crippen molar-refractivity contribution in [1.82, 2.24) is 15.2 Å². The number of benzene rings is 1. The van der Waals surface area contributed by atoms with Gasteiger partial charge in [-0.1, -0.05) is 17.8 Å². The number of amides is 1.